The summed E-state index contributed by atoms with van der Waals surface area (Å²) in [5.74, 6) is -0.370. The van der Waals surface area contributed by atoms with Crippen molar-refractivity contribution in [2.24, 2.45) is 11.7 Å². The Morgan fingerprint density at radius 1 is 1.31 bits per heavy atom. The smallest absolute Gasteiger partial charge is 0.224 e. The fraction of sp³-hybridized carbons (Fsp3) is 0.818. The van der Waals surface area contributed by atoms with Gasteiger partial charge in [-0.05, 0) is 20.8 Å². The maximum atomic E-state index is 11.4. The number of carbonyl (C=O) groups excluding carboxylic acids is 2. The molecule has 2 amide bonds. The van der Waals surface area contributed by atoms with E-state index in [0.29, 0.717) is 19.5 Å². The molecule has 0 fully saturated rings. The highest BCUT2D eigenvalue weighted by molar-refractivity contribution is 5.80. The van der Waals surface area contributed by atoms with Gasteiger partial charge in [0.1, 0.15) is 0 Å². The molecule has 0 aromatic carbocycles. The third-order valence-corrected chi connectivity index (χ3v) is 1.97. The fourth-order valence-corrected chi connectivity index (χ4v) is 1.06. The average molecular weight is 229 g/mol. The average Bonchev–Trinajstić information content (AvgIpc) is 2.13. The summed E-state index contributed by atoms with van der Waals surface area (Å²) in [6.45, 7) is 8.18. The molecule has 5 nitrogen and oxygen atoms in total. The van der Waals surface area contributed by atoms with Crippen LogP contribution in [0.5, 0.6) is 0 Å². The third kappa shape index (κ3) is 7.23. The first-order chi connectivity index (χ1) is 7.26. The van der Waals surface area contributed by atoms with Gasteiger partial charge in [0.15, 0.2) is 0 Å². The Labute approximate surface area is 97.2 Å². The first kappa shape index (κ1) is 14.9. The van der Waals surface area contributed by atoms with Crippen molar-refractivity contribution in [2.75, 3.05) is 13.1 Å². The molecule has 0 heterocycles. The lowest BCUT2D eigenvalue weighted by molar-refractivity contribution is -0.124. The summed E-state index contributed by atoms with van der Waals surface area (Å²) in [7, 11) is 0. The van der Waals surface area contributed by atoms with E-state index in [9.17, 15) is 9.59 Å². The van der Waals surface area contributed by atoms with Crippen LogP contribution in [0.3, 0.4) is 0 Å². The Morgan fingerprint density at radius 2 is 1.88 bits per heavy atom. The normalized spacial score (nSPS) is 13.1. The molecule has 0 aliphatic heterocycles. The highest BCUT2D eigenvalue weighted by Crippen LogP contribution is 1.98. The molecular weight excluding hydrogens is 206 g/mol. The number of amides is 2. The molecule has 0 aliphatic rings. The molecule has 0 radical (unpaired) electrons. The highest BCUT2D eigenvalue weighted by Gasteiger charge is 2.14. The second-order valence-corrected chi connectivity index (χ2v) is 4.98. The van der Waals surface area contributed by atoms with Gasteiger partial charge in [-0.15, -0.1) is 0 Å². The van der Waals surface area contributed by atoms with Crippen LogP contribution in [0.15, 0.2) is 0 Å². The van der Waals surface area contributed by atoms with Gasteiger partial charge in [0.2, 0.25) is 11.8 Å². The molecule has 16 heavy (non-hydrogen) atoms. The van der Waals surface area contributed by atoms with Crippen LogP contribution in [-0.4, -0.2) is 30.4 Å². The minimum absolute atomic E-state index is 0.0619. The zero-order chi connectivity index (χ0) is 12.8. The zero-order valence-electron chi connectivity index (χ0n) is 10.6. The fourth-order valence-electron chi connectivity index (χ4n) is 1.06. The van der Waals surface area contributed by atoms with E-state index in [1.165, 1.54) is 0 Å². The molecule has 0 saturated carbocycles. The zero-order valence-corrected chi connectivity index (χ0v) is 10.6. The van der Waals surface area contributed by atoms with Crippen LogP contribution >= 0.6 is 0 Å². The predicted molar refractivity (Wildman–Crippen MR) is 63.7 cm³/mol. The molecule has 0 bridgehead atoms. The van der Waals surface area contributed by atoms with E-state index < -0.39 is 0 Å². The van der Waals surface area contributed by atoms with Crippen LogP contribution in [0.25, 0.3) is 0 Å². The molecule has 0 aliphatic carbocycles. The SMILES string of the molecule is CC(CN)C(=O)NCCC(=O)NC(C)(C)C. The summed E-state index contributed by atoms with van der Waals surface area (Å²) in [6, 6.07) is 0. The molecule has 5 heteroatoms. The molecule has 0 spiro atoms. The molecule has 4 N–H and O–H groups in total. The van der Waals surface area contributed by atoms with Gasteiger partial charge in [-0.2, -0.15) is 0 Å². The second kappa shape index (κ2) is 6.48. The van der Waals surface area contributed by atoms with Gasteiger partial charge in [-0.3, -0.25) is 9.59 Å². The van der Waals surface area contributed by atoms with E-state index in [-0.39, 0.29) is 23.3 Å². The summed E-state index contributed by atoms with van der Waals surface area (Å²) >= 11 is 0. The van der Waals surface area contributed by atoms with Crippen LogP contribution < -0.4 is 16.4 Å². The lowest BCUT2D eigenvalue weighted by Crippen LogP contribution is -2.42. The van der Waals surface area contributed by atoms with Crippen molar-refractivity contribution in [3.63, 3.8) is 0 Å². The van der Waals surface area contributed by atoms with Crippen molar-refractivity contribution in [1.82, 2.24) is 10.6 Å². The molecule has 94 valence electrons. The summed E-state index contributed by atoms with van der Waals surface area (Å²) in [5.41, 5.74) is 5.12. The molecule has 1 atom stereocenters. The van der Waals surface area contributed by atoms with E-state index in [1.54, 1.807) is 6.92 Å². The van der Waals surface area contributed by atoms with Gasteiger partial charge in [0.05, 0.1) is 0 Å². The topological polar surface area (TPSA) is 84.2 Å². The van der Waals surface area contributed by atoms with E-state index in [4.69, 9.17) is 5.73 Å². The third-order valence-electron chi connectivity index (χ3n) is 1.97. The second-order valence-electron chi connectivity index (χ2n) is 4.98. The molecule has 0 aromatic heterocycles. The number of hydrogen-bond donors (Lipinski definition) is 3. The minimum atomic E-state index is -0.231. The standard InChI is InChI=1S/C11H23N3O2/c1-8(7-12)10(16)13-6-5-9(15)14-11(2,3)4/h8H,5-7,12H2,1-4H3,(H,13,16)(H,14,15). The lowest BCUT2D eigenvalue weighted by Gasteiger charge is -2.20. The lowest BCUT2D eigenvalue weighted by atomic mass is 10.1. The van der Waals surface area contributed by atoms with Gasteiger partial charge in [0.25, 0.3) is 0 Å². The first-order valence-corrected chi connectivity index (χ1v) is 5.55. The minimum Gasteiger partial charge on any atom is -0.355 e. The summed E-state index contributed by atoms with van der Waals surface area (Å²) in [6.07, 6.45) is 0.292. The quantitative estimate of drug-likeness (QED) is 0.620. The number of carbonyl (C=O) groups is 2. The van der Waals surface area contributed by atoms with Gasteiger partial charge < -0.3 is 16.4 Å². The van der Waals surface area contributed by atoms with Crippen molar-refractivity contribution in [3.8, 4) is 0 Å². The van der Waals surface area contributed by atoms with Gasteiger partial charge >= 0.3 is 0 Å². The van der Waals surface area contributed by atoms with Crippen LogP contribution in [0.1, 0.15) is 34.1 Å². The molecule has 0 aromatic rings. The number of hydrogen-bond acceptors (Lipinski definition) is 3. The van der Waals surface area contributed by atoms with Crippen molar-refractivity contribution in [3.05, 3.63) is 0 Å². The largest absolute Gasteiger partial charge is 0.355 e. The summed E-state index contributed by atoms with van der Waals surface area (Å²) in [4.78, 5) is 22.7. The van der Waals surface area contributed by atoms with Crippen molar-refractivity contribution in [2.45, 2.75) is 39.7 Å². The number of rotatable bonds is 5. The summed E-state index contributed by atoms with van der Waals surface area (Å²) in [5, 5.41) is 5.49. The van der Waals surface area contributed by atoms with Gasteiger partial charge in [0, 0.05) is 31.0 Å². The number of nitrogens with one attached hydrogen (secondary N) is 2. The summed E-state index contributed by atoms with van der Waals surface area (Å²) < 4.78 is 0. The Bertz CT molecular complexity index is 246. The Kier molecular flexibility index (Phi) is 6.03. The first-order valence-electron chi connectivity index (χ1n) is 5.55. The highest BCUT2D eigenvalue weighted by atomic mass is 16.2. The van der Waals surface area contributed by atoms with Gasteiger partial charge in [-0.1, -0.05) is 6.92 Å². The maximum absolute atomic E-state index is 11.4. The van der Waals surface area contributed by atoms with Crippen molar-refractivity contribution >= 4 is 11.8 Å². The van der Waals surface area contributed by atoms with Crippen LogP contribution in [0, 0.1) is 5.92 Å². The van der Waals surface area contributed by atoms with E-state index >= 15 is 0 Å². The molecular formula is C11H23N3O2. The van der Waals surface area contributed by atoms with E-state index in [1.807, 2.05) is 20.8 Å². The Balaban J connectivity index is 3.75. The van der Waals surface area contributed by atoms with Crippen molar-refractivity contribution in [1.29, 1.82) is 0 Å². The monoisotopic (exact) mass is 229 g/mol. The van der Waals surface area contributed by atoms with Crippen LogP contribution in [-0.2, 0) is 9.59 Å². The van der Waals surface area contributed by atoms with Crippen molar-refractivity contribution < 1.29 is 9.59 Å². The molecule has 0 saturated heterocycles. The van der Waals surface area contributed by atoms with Crippen LogP contribution in [0.4, 0.5) is 0 Å². The molecule has 0 rings (SSSR count). The molecule has 1 unspecified atom stereocenters. The van der Waals surface area contributed by atoms with Gasteiger partial charge in [-0.25, -0.2) is 0 Å². The van der Waals surface area contributed by atoms with E-state index in [0.717, 1.165) is 0 Å². The van der Waals surface area contributed by atoms with Crippen LogP contribution in [0.2, 0.25) is 0 Å². The Hall–Kier alpha value is -1.10. The van der Waals surface area contributed by atoms with E-state index in [2.05, 4.69) is 10.6 Å². The number of nitrogens with two attached hydrogens (primary N) is 1. The maximum Gasteiger partial charge on any atom is 0.224 e. The Morgan fingerprint density at radius 3 is 2.31 bits per heavy atom. The predicted octanol–water partition coefficient (Wildman–Crippen LogP) is 0.00220.